The van der Waals surface area contributed by atoms with E-state index in [1.165, 1.54) is 18.3 Å². The van der Waals surface area contributed by atoms with Crippen molar-refractivity contribution in [2.24, 2.45) is 0 Å². The number of alkyl halides is 5. The standard InChI is InChI=1S/C17H15F5N2O3S/c18-16(19)28-15-13(2-1-7-23-15)14(26)24-8-11(25)9-27-12-5-3-10(4-6-12)17(20,21)22/h1-7,11,16,25H,8-9H2,(H,24,26). The normalized spacial score (nSPS) is 12.7. The van der Waals surface area contributed by atoms with Gasteiger partial charge < -0.3 is 15.2 Å². The zero-order valence-corrected chi connectivity index (χ0v) is 14.9. The maximum atomic E-state index is 12.5. The molecule has 0 fully saturated rings. The molecule has 0 aliphatic heterocycles. The lowest BCUT2D eigenvalue weighted by Gasteiger charge is -2.14. The summed E-state index contributed by atoms with van der Waals surface area (Å²) in [6.45, 7) is -0.551. The Balaban J connectivity index is 1.84. The number of aliphatic hydroxyl groups excluding tert-OH is 1. The molecule has 0 aliphatic rings. The fourth-order valence-electron chi connectivity index (χ4n) is 2.04. The molecule has 2 N–H and O–H groups in total. The van der Waals surface area contributed by atoms with Crippen molar-refractivity contribution in [1.82, 2.24) is 10.3 Å². The maximum Gasteiger partial charge on any atom is 0.416 e. The highest BCUT2D eigenvalue weighted by Crippen LogP contribution is 2.30. The van der Waals surface area contributed by atoms with Crippen LogP contribution in [-0.2, 0) is 6.18 Å². The Bertz CT molecular complexity index is 787. The van der Waals surface area contributed by atoms with Crippen molar-refractivity contribution in [3.63, 3.8) is 0 Å². The van der Waals surface area contributed by atoms with Gasteiger partial charge in [-0.15, -0.1) is 0 Å². The fourth-order valence-corrected chi connectivity index (χ4v) is 2.62. The second-order valence-corrected chi connectivity index (χ2v) is 6.41. The molecule has 1 atom stereocenters. The van der Waals surface area contributed by atoms with Gasteiger partial charge in [0, 0.05) is 12.7 Å². The van der Waals surface area contributed by atoms with Crippen LogP contribution in [0.1, 0.15) is 15.9 Å². The Morgan fingerprint density at radius 1 is 1.21 bits per heavy atom. The van der Waals surface area contributed by atoms with E-state index in [0.29, 0.717) is 0 Å². The molecule has 1 heterocycles. The van der Waals surface area contributed by atoms with E-state index in [9.17, 15) is 31.9 Å². The number of carbonyl (C=O) groups excluding carboxylic acids is 1. The van der Waals surface area contributed by atoms with E-state index in [2.05, 4.69) is 10.3 Å². The number of thioether (sulfide) groups is 1. The van der Waals surface area contributed by atoms with Crippen molar-refractivity contribution < 1.29 is 36.6 Å². The Labute approximate surface area is 160 Å². The van der Waals surface area contributed by atoms with E-state index in [0.717, 1.165) is 24.3 Å². The van der Waals surface area contributed by atoms with E-state index < -0.39 is 29.5 Å². The van der Waals surface area contributed by atoms with Crippen LogP contribution in [0.4, 0.5) is 22.0 Å². The summed E-state index contributed by atoms with van der Waals surface area (Å²) in [5.41, 5.74) is -0.898. The summed E-state index contributed by atoms with van der Waals surface area (Å²) in [6.07, 6.45) is -4.36. The van der Waals surface area contributed by atoms with Crippen molar-refractivity contribution in [2.75, 3.05) is 13.2 Å². The molecular weight excluding hydrogens is 407 g/mol. The van der Waals surface area contributed by atoms with Gasteiger partial charge in [-0.05, 0) is 48.2 Å². The summed E-state index contributed by atoms with van der Waals surface area (Å²) >= 11 is 0.125. The first-order chi connectivity index (χ1) is 13.2. The summed E-state index contributed by atoms with van der Waals surface area (Å²) in [4.78, 5) is 15.8. The zero-order chi connectivity index (χ0) is 20.7. The van der Waals surface area contributed by atoms with Gasteiger partial charge >= 0.3 is 6.18 Å². The molecule has 2 rings (SSSR count). The van der Waals surface area contributed by atoms with Gasteiger partial charge in [-0.3, -0.25) is 4.79 Å². The van der Waals surface area contributed by atoms with E-state index >= 15 is 0 Å². The smallest absolute Gasteiger partial charge is 0.416 e. The van der Waals surface area contributed by atoms with Gasteiger partial charge in [-0.25, -0.2) is 4.98 Å². The molecule has 28 heavy (non-hydrogen) atoms. The maximum absolute atomic E-state index is 12.5. The number of ether oxygens (including phenoxy) is 1. The highest BCUT2D eigenvalue weighted by Gasteiger charge is 2.30. The minimum absolute atomic E-state index is 0.0661. The third-order valence-corrected chi connectivity index (χ3v) is 4.07. The summed E-state index contributed by atoms with van der Waals surface area (Å²) < 4.78 is 67.6. The largest absolute Gasteiger partial charge is 0.491 e. The van der Waals surface area contributed by atoms with Crippen LogP contribution in [0.2, 0.25) is 0 Å². The third kappa shape index (κ3) is 6.64. The van der Waals surface area contributed by atoms with E-state index in [-0.39, 0.29) is 41.3 Å². The molecule has 2 aromatic rings. The first-order valence-electron chi connectivity index (χ1n) is 7.83. The molecule has 0 saturated carbocycles. The number of hydrogen-bond donors (Lipinski definition) is 2. The number of pyridine rings is 1. The lowest BCUT2D eigenvalue weighted by Crippen LogP contribution is -2.35. The Morgan fingerprint density at radius 3 is 2.50 bits per heavy atom. The molecule has 5 nitrogen and oxygen atoms in total. The lowest BCUT2D eigenvalue weighted by molar-refractivity contribution is -0.137. The van der Waals surface area contributed by atoms with Crippen LogP contribution >= 0.6 is 11.8 Å². The van der Waals surface area contributed by atoms with Gasteiger partial charge in [0.25, 0.3) is 11.7 Å². The van der Waals surface area contributed by atoms with E-state index in [1.54, 1.807) is 0 Å². The SMILES string of the molecule is O=C(NCC(O)COc1ccc(C(F)(F)F)cc1)c1cccnc1SC(F)F. The van der Waals surface area contributed by atoms with Gasteiger partial charge in [0.1, 0.15) is 23.5 Å². The van der Waals surface area contributed by atoms with Crippen LogP contribution in [-0.4, -0.2) is 41.0 Å². The fraction of sp³-hybridized carbons (Fsp3) is 0.294. The summed E-state index contributed by atoms with van der Waals surface area (Å²) in [5, 5.41) is 12.1. The molecule has 1 unspecified atom stereocenters. The second kappa shape index (κ2) is 9.69. The number of hydrogen-bond acceptors (Lipinski definition) is 5. The quantitative estimate of drug-likeness (QED) is 0.503. The second-order valence-electron chi connectivity index (χ2n) is 5.43. The van der Waals surface area contributed by atoms with Crippen molar-refractivity contribution in [3.05, 3.63) is 53.7 Å². The number of nitrogens with one attached hydrogen (secondary N) is 1. The molecule has 0 saturated heterocycles. The predicted molar refractivity (Wildman–Crippen MR) is 91.4 cm³/mol. The third-order valence-electron chi connectivity index (χ3n) is 3.34. The average Bonchev–Trinajstić information content (AvgIpc) is 2.64. The predicted octanol–water partition coefficient (Wildman–Crippen LogP) is 3.58. The highest BCUT2D eigenvalue weighted by atomic mass is 32.2. The van der Waals surface area contributed by atoms with Gasteiger partial charge in [-0.1, -0.05) is 0 Å². The highest BCUT2D eigenvalue weighted by molar-refractivity contribution is 7.99. The van der Waals surface area contributed by atoms with Crippen LogP contribution in [0.15, 0.2) is 47.6 Å². The lowest BCUT2D eigenvalue weighted by atomic mass is 10.2. The van der Waals surface area contributed by atoms with Crippen LogP contribution in [0.5, 0.6) is 5.75 Å². The summed E-state index contributed by atoms with van der Waals surface area (Å²) in [5.74, 6) is -3.34. The van der Waals surface area contributed by atoms with Gasteiger partial charge in [0.05, 0.1) is 11.1 Å². The number of aliphatic hydroxyl groups is 1. The van der Waals surface area contributed by atoms with Crippen LogP contribution in [0, 0.1) is 0 Å². The number of nitrogens with zero attached hydrogens (tertiary/aromatic N) is 1. The van der Waals surface area contributed by atoms with Crippen LogP contribution < -0.4 is 10.1 Å². The molecule has 1 aromatic heterocycles. The van der Waals surface area contributed by atoms with E-state index in [1.807, 2.05) is 0 Å². The number of rotatable bonds is 8. The number of amides is 1. The molecule has 1 amide bonds. The van der Waals surface area contributed by atoms with E-state index in [4.69, 9.17) is 4.74 Å². The zero-order valence-electron chi connectivity index (χ0n) is 14.1. The van der Waals surface area contributed by atoms with Crippen molar-refractivity contribution in [2.45, 2.75) is 23.1 Å². The minimum atomic E-state index is -4.46. The summed E-state index contributed by atoms with van der Waals surface area (Å²) in [7, 11) is 0. The van der Waals surface area contributed by atoms with Gasteiger partial charge in [0.2, 0.25) is 0 Å². The Morgan fingerprint density at radius 2 is 1.89 bits per heavy atom. The molecule has 1 aromatic carbocycles. The monoisotopic (exact) mass is 422 g/mol. The number of halogens is 5. The number of benzene rings is 1. The molecule has 0 aliphatic carbocycles. The molecule has 0 bridgehead atoms. The van der Waals surface area contributed by atoms with Gasteiger partial charge in [0.15, 0.2) is 0 Å². The van der Waals surface area contributed by atoms with Crippen molar-refractivity contribution >= 4 is 17.7 Å². The van der Waals surface area contributed by atoms with Gasteiger partial charge in [-0.2, -0.15) is 22.0 Å². The minimum Gasteiger partial charge on any atom is -0.491 e. The summed E-state index contributed by atoms with van der Waals surface area (Å²) in [6, 6.07) is 6.63. The average molecular weight is 422 g/mol. The van der Waals surface area contributed by atoms with Crippen LogP contribution in [0.3, 0.4) is 0 Å². The first-order valence-corrected chi connectivity index (χ1v) is 8.71. The first kappa shape index (κ1) is 21.9. The molecule has 0 radical (unpaired) electrons. The Hall–Kier alpha value is -2.40. The molecular formula is C17H15F5N2O3S. The molecule has 11 heteroatoms. The number of carbonyl (C=O) groups is 1. The Kier molecular flexibility index (Phi) is 7.58. The number of aromatic nitrogens is 1. The molecule has 0 spiro atoms. The molecule has 152 valence electrons. The topological polar surface area (TPSA) is 71.5 Å². The van der Waals surface area contributed by atoms with Crippen molar-refractivity contribution in [1.29, 1.82) is 0 Å². The van der Waals surface area contributed by atoms with Crippen LogP contribution in [0.25, 0.3) is 0 Å². The van der Waals surface area contributed by atoms with Crippen molar-refractivity contribution in [3.8, 4) is 5.75 Å².